The zero-order chi connectivity index (χ0) is 21.7. The lowest BCUT2D eigenvalue weighted by Gasteiger charge is -2.16. The molecule has 3 aromatic carbocycles. The van der Waals surface area contributed by atoms with Crippen molar-refractivity contribution in [3.8, 4) is 0 Å². The maximum atomic E-state index is 13.0. The lowest BCUT2D eigenvalue weighted by atomic mass is 9.96. The largest absolute Gasteiger partial charge is 0.325 e. The van der Waals surface area contributed by atoms with E-state index in [-0.39, 0.29) is 17.6 Å². The number of nitrogens with one attached hydrogen (secondary N) is 1. The summed E-state index contributed by atoms with van der Waals surface area (Å²) in [5.74, 6) is -0.120. The number of carbonyl (C=O) groups excluding carboxylic acids is 2. The van der Waals surface area contributed by atoms with Crippen molar-refractivity contribution in [3.05, 3.63) is 100 Å². The van der Waals surface area contributed by atoms with Crippen molar-refractivity contribution in [3.63, 3.8) is 0 Å². The van der Waals surface area contributed by atoms with E-state index in [1.807, 2.05) is 25.1 Å². The third-order valence-corrected chi connectivity index (χ3v) is 5.27. The zero-order valence-electron chi connectivity index (χ0n) is 17.5. The van der Waals surface area contributed by atoms with E-state index in [0.717, 1.165) is 12.0 Å². The number of halogens is 1. The van der Waals surface area contributed by atoms with Crippen molar-refractivity contribution in [2.24, 2.45) is 5.92 Å². The molecule has 0 aliphatic heterocycles. The monoisotopic (exact) mass is 419 g/mol. The van der Waals surface area contributed by atoms with Gasteiger partial charge in [-0.2, -0.15) is 0 Å². The Morgan fingerprint density at radius 3 is 2.20 bits per heavy atom. The number of benzene rings is 3. The minimum absolute atomic E-state index is 0.170. The van der Waals surface area contributed by atoms with Crippen LogP contribution in [0.3, 0.4) is 0 Å². The van der Waals surface area contributed by atoms with E-state index in [2.05, 4.69) is 31.3 Å². The SMILES string of the molecule is CC(C)Cc1ccc([C@@H](C)C(=O)Nc2ccc(Cl)cc2C(=O)c2ccccc2)cc1. The highest BCUT2D eigenvalue weighted by atomic mass is 35.5. The van der Waals surface area contributed by atoms with E-state index in [1.165, 1.54) is 5.56 Å². The van der Waals surface area contributed by atoms with Crippen molar-refractivity contribution in [1.29, 1.82) is 0 Å². The van der Waals surface area contributed by atoms with Crippen LogP contribution in [0.5, 0.6) is 0 Å². The number of carbonyl (C=O) groups is 2. The standard InChI is InChI=1S/C26H26ClNO2/c1-17(2)15-19-9-11-20(12-10-19)18(3)26(30)28-24-14-13-22(27)16-23(24)25(29)21-7-5-4-6-8-21/h4-14,16-18H,15H2,1-3H3,(H,28,30)/t18-/m1/s1. The van der Waals surface area contributed by atoms with Gasteiger partial charge in [0.2, 0.25) is 5.91 Å². The fraction of sp³-hybridized carbons (Fsp3) is 0.231. The van der Waals surface area contributed by atoms with Gasteiger partial charge in [-0.3, -0.25) is 9.59 Å². The molecule has 0 saturated heterocycles. The second kappa shape index (κ2) is 9.73. The molecule has 1 atom stereocenters. The number of hydrogen-bond donors (Lipinski definition) is 1. The van der Waals surface area contributed by atoms with Crippen LogP contribution in [0.25, 0.3) is 0 Å². The smallest absolute Gasteiger partial charge is 0.231 e. The summed E-state index contributed by atoms with van der Waals surface area (Å²) in [5.41, 5.74) is 3.58. The van der Waals surface area contributed by atoms with Crippen LogP contribution in [0.4, 0.5) is 5.69 Å². The van der Waals surface area contributed by atoms with Crippen molar-refractivity contribution >= 4 is 29.0 Å². The number of rotatable bonds is 7. The van der Waals surface area contributed by atoms with Gasteiger partial charge < -0.3 is 5.32 Å². The molecule has 0 aromatic heterocycles. The zero-order valence-corrected chi connectivity index (χ0v) is 18.2. The predicted octanol–water partition coefficient (Wildman–Crippen LogP) is 6.51. The maximum absolute atomic E-state index is 13.0. The topological polar surface area (TPSA) is 46.2 Å². The molecule has 1 amide bonds. The van der Waals surface area contributed by atoms with E-state index in [4.69, 9.17) is 11.6 Å². The van der Waals surface area contributed by atoms with Gasteiger partial charge in [-0.15, -0.1) is 0 Å². The van der Waals surface area contributed by atoms with Crippen molar-refractivity contribution in [2.75, 3.05) is 5.32 Å². The second-order valence-corrected chi connectivity index (χ2v) is 8.37. The lowest BCUT2D eigenvalue weighted by Crippen LogP contribution is -2.20. The molecule has 1 N–H and O–H groups in total. The molecule has 0 bridgehead atoms. The van der Waals surface area contributed by atoms with Crippen molar-refractivity contribution in [2.45, 2.75) is 33.1 Å². The first-order valence-electron chi connectivity index (χ1n) is 10.1. The lowest BCUT2D eigenvalue weighted by molar-refractivity contribution is -0.117. The van der Waals surface area contributed by atoms with Gasteiger partial charge in [0, 0.05) is 16.1 Å². The van der Waals surface area contributed by atoms with E-state index in [9.17, 15) is 9.59 Å². The Bertz CT molecular complexity index is 1030. The van der Waals surface area contributed by atoms with Crippen LogP contribution in [-0.4, -0.2) is 11.7 Å². The Morgan fingerprint density at radius 2 is 1.57 bits per heavy atom. The first kappa shape index (κ1) is 21.8. The normalized spacial score (nSPS) is 11.9. The van der Waals surface area contributed by atoms with Crippen LogP contribution in [0.1, 0.15) is 53.7 Å². The average Bonchev–Trinajstić information content (AvgIpc) is 2.74. The van der Waals surface area contributed by atoms with Gasteiger partial charge in [-0.1, -0.05) is 80.0 Å². The summed E-state index contributed by atoms with van der Waals surface area (Å²) in [6, 6.07) is 22.0. The van der Waals surface area contributed by atoms with Gasteiger partial charge in [-0.25, -0.2) is 0 Å². The predicted molar refractivity (Wildman–Crippen MR) is 123 cm³/mol. The number of hydrogen-bond acceptors (Lipinski definition) is 2. The summed E-state index contributed by atoms with van der Waals surface area (Å²) in [6.07, 6.45) is 1.01. The molecule has 30 heavy (non-hydrogen) atoms. The average molecular weight is 420 g/mol. The third-order valence-electron chi connectivity index (χ3n) is 5.04. The summed E-state index contributed by atoms with van der Waals surface area (Å²) in [4.78, 5) is 25.9. The molecule has 0 aliphatic rings. The molecule has 3 aromatic rings. The van der Waals surface area contributed by atoms with Crippen molar-refractivity contribution in [1.82, 2.24) is 0 Å². The molecule has 0 fully saturated rings. The molecule has 0 heterocycles. The van der Waals surface area contributed by atoms with Gasteiger partial charge in [0.15, 0.2) is 5.78 Å². The summed E-state index contributed by atoms with van der Waals surface area (Å²) in [5, 5.41) is 3.36. The highest BCUT2D eigenvalue weighted by molar-refractivity contribution is 6.31. The minimum atomic E-state index is -0.353. The molecule has 0 unspecified atom stereocenters. The molecule has 154 valence electrons. The molecule has 3 nitrogen and oxygen atoms in total. The summed E-state index contributed by atoms with van der Waals surface area (Å²) < 4.78 is 0. The fourth-order valence-corrected chi connectivity index (χ4v) is 3.54. The van der Waals surface area contributed by atoms with Crippen LogP contribution in [-0.2, 0) is 11.2 Å². The van der Waals surface area contributed by atoms with Gasteiger partial charge in [0.25, 0.3) is 0 Å². The van der Waals surface area contributed by atoms with Crippen LogP contribution in [0, 0.1) is 5.92 Å². The molecule has 0 aliphatic carbocycles. The molecule has 3 rings (SSSR count). The van der Waals surface area contributed by atoms with E-state index < -0.39 is 0 Å². The Balaban J connectivity index is 1.80. The molecule has 0 saturated carbocycles. The molecule has 0 radical (unpaired) electrons. The number of anilines is 1. The Morgan fingerprint density at radius 1 is 0.900 bits per heavy atom. The van der Waals surface area contributed by atoms with Gasteiger partial charge in [0.05, 0.1) is 11.6 Å². The fourth-order valence-electron chi connectivity index (χ4n) is 3.36. The van der Waals surface area contributed by atoms with Crippen LogP contribution >= 0.6 is 11.6 Å². The number of ketones is 1. The van der Waals surface area contributed by atoms with E-state index in [1.54, 1.807) is 42.5 Å². The quantitative estimate of drug-likeness (QED) is 0.443. The summed E-state index contributed by atoms with van der Waals surface area (Å²) in [6.45, 7) is 6.23. The van der Waals surface area contributed by atoms with E-state index >= 15 is 0 Å². The highest BCUT2D eigenvalue weighted by Crippen LogP contribution is 2.26. The van der Waals surface area contributed by atoms with E-state index in [0.29, 0.717) is 27.8 Å². The molecule has 0 spiro atoms. The first-order valence-corrected chi connectivity index (χ1v) is 10.5. The second-order valence-electron chi connectivity index (χ2n) is 7.94. The Labute approximate surface area is 183 Å². The highest BCUT2D eigenvalue weighted by Gasteiger charge is 2.20. The van der Waals surface area contributed by atoms with Crippen molar-refractivity contribution < 1.29 is 9.59 Å². The minimum Gasteiger partial charge on any atom is -0.325 e. The van der Waals surface area contributed by atoms with Gasteiger partial charge in [0.1, 0.15) is 0 Å². The maximum Gasteiger partial charge on any atom is 0.231 e. The number of amides is 1. The summed E-state index contributed by atoms with van der Waals surface area (Å²) in [7, 11) is 0. The Hall–Kier alpha value is -2.91. The molecule has 4 heteroatoms. The Kier molecular flexibility index (Phi) is 7.07. The third kappa shape index (κ3) is 5.37. The van der Waals surface area contributed by atoms with Crippen LogP contribution < -0.4 is 5.32 Å². The first-order chi connectivity index (χ1) is 14.3. The molecular weight excluding hydrogens is 394 g/mol. The van der Waals surface area contributed by atoms with Gasteiger partial charge >= 0.3 is 0 Å². The summed E-state index contributed by atoms with van der Waals surface area (Å²) >= 11 is 6.13. The van der Waals surface area contributed by atoms with Crippen LogP contribution in [0.15, 0.2) is 72.8 Å². The van der Waals surface area contributed by atoms with Gasteiger partial charge in [-0.05, 0) is 48.6 Å². The van der Waals surface area contributed by atoms with Crippen LogP contribution in [0.2, 0.25) is 5.02 Å². The molecular formula is C26H26ClNO2.